The minimum atomic E-state index is 0.580. The summed E-state index contributed by atoms with van der Waals surface area (Å²) in [7, 11) is 0. The molecule has 0 unspecified atom stereocenters. The fourth-order valence-corrected chi connectivity index (χ4v) is 3.71. The molecule has 3 aromatic rings. The Morgan fingerprint density at radius 2 is 2.30 bits per heavy atom. The van der Waals surface area contributed by atoms with Gasteiger partial charge in [-0.05, 0) is 19.9 Å². The average molecular weight is 327 g/mol. The molecule has 0 amide bonds. The first-order valence-electron chi connectivity index (χ1n) is 7.59. The summed E-state index contributed by atoms with van der Waals surface area (Å²) >= 11 is 1.66. The lowest BCUT2D eigenvalue weighted by atomic mass is 10.2. The Kier molecular flexibility index (Phi) is 3.45. The monoisotopic (exact) mass is 327 g/mol. The zero-order chi connectivity index (χ0) is 15.8. The number of likely N-dealkylation sites (N-methyl/N-ethyl adjacent to an activating group) is 1. The Bertz CT molecular complexity index is 838. The molecule has 3 aromatic heterocycles. The molecular weight excluding hydrogens is 310 g/mol. The van der Waals surface area contributed by atoms with Crippen LogP contribution in [0.5, 0.6) is 0 Å². The Morgan fingerprint density at radius 1 is 1.39 bits per heavy atom. The summed E-state index contributed by atoms with van der Waals surface area (Å²) in [6.07, 6.45) is 4.57. The number of rotatable bonds is 3. The molecule has 8 heteroatoms. The van der Waals surface area contributed by atoms with Crippen molar-refractivity contribution in [2.75, 3.05) is 23.3 Å². The highest BCUT2D eigenvalue weighted by Gasteiger charge is 2.24. The first kappa shape index (κ1) is 14.1. The van der Waals surface area contributed by atoms with E-state index >= 15 is 0 Å². The summed E-state index contributed by atoms with van der Waals surface area (Å²) in [5, 5.41) is 11.3. The molecule has 0 atom stereocenters. The van der Waals surface area contributed by atoms with Crippen molar-refractivity contribution in [1.29, 1.82) is 0 Å². The van der Waals surface area contributed by atoms with Gasteiger partial charge in [0.15, 0.2) is 5.13 Å². The van der Waals surface area contributed by atoms with Gasteiger partial charge in [0.1, 0.15) is 5.82 Å². The van der Waals surface area contributed by atoms with Crippen LogP contribution in [0.1, 0.15) is 17.5 Å². The van der Waals surface area contributed by atoms with Gasteiger partial charge in [-0.1, -0.05) is 0 Å². The fourth-order valence-electron chi connectivity index (χ4n) is 2.75. The minimum absolute atomic E-state index is 0.580. The van der Waals surface area contributed by atoms with Gasteiger partial charge >= 0.3 is 0 Å². The predicted molar refractivity (Wildman–Crippen MR) is 91.3 cm³/mol. The number of fused-ring (bicyclic) bond motifs is 3. The molecule has 4 rings (SSSR count). The third kappa shape index (κ3) is 2.55. The molecule has 0 saturated heterocycles. The number of thiazole rings is 1. The van der Waals surface area contributed by atoms with Crippen LogP contribution in [0.15, 0.2) is 18.5 Å². The van der Waals surface area contributed by atoms with Gasteiger partial charge in [0.2, 0.25) is 5.95 Å². The van der Waals surface area contributed by atoms with Gasteiger partial charge in [-0.25, -0.2) is 15.0 Å². The highest BCUT2D eigenvalue weighted by molar-refractivity contribution is 7.16. The SMILES string of the molecule is CCN1CCc2sc(Nc3nccc(C)n3)nc2-c2cn[nH]c21. The van der Waals surface area contributed by atoms with E-state index in [1.807, 2.05) is 19.2 Å². The zero-order valence-corrected chi connectivity index (χ0v) is 13.8. The van der Waals surface area contributed by atoms with E-state index in [-0.39, 0.29) is 0 Å². The largest absolute Gasteiger partial charge is 0.356 e. The number of aromatic nitrogens is 5. The molecule has 7 nitrogen and oxygen atoms in total. The van der Waals surface area contributed by atoms with E-state index in [1.165, 1.54) is 4.88 Å². The van der Waals surface area contributed by atoms with E-state index < -0.39 is 0 Å². The molecule has 1 aliphatic rings. The Hall–Kier alpha value is -2.48. The lowest BCUT2D eigenvalue weighted by molar-refractivity contribution is 0.802. The number of nitrogens with zero attached hydrogens (tertiary/aromatic N) is 5. The van der Waals surface area contributed by atoms with Crippen LogP contribution in [0.2, 0.25) is 0 Å². The van der Waals surface area contributed by atoms with E-state index in [4.69, 9.17) is 4.98 Å². The van der Waals surface area contributed by atoms with Crippen LogP contribution < -0.4 is 10.2 Å². The smallest absolute Gasteiger partial charge is 0.229 e. The maximum atomic E-state index is 4.76. The van der Waals surface area contributed by atoms with Crippen LogP contribution >= 0.6 is 11.3 Å². The third-order valence-electron chi connectivity index (χ3n) is 3.89. The normalized spacial score (nSPS) is 13.4. The van der Waals surface area contributed by atoms with Crippen molar-refractivity contribution in [3.8, 4) is 11.3 Å². The minimum Gasteiger partial charge on any atom is -0.356 e. The number of anilines is 3. The molecule has 0 bridgehead atoms. The molecular formula is C15H17N7S. The van der Waals surface area contributed by atoms with E-state index in [2.05, 4.69) is 37.3 Å². The number of aromatic amines is 1. The number of aryl methyl sites for hydroxylation is 1. The lowest BCUT2D eigenvalue weighted by Crippen LogP contribution is -2.24. The molecule has 2 N–H and O–H groups in total. The van der Waals surface area contributed by atoms with Crippen LogP contribution in [0.25, 0.3) is 11.3 Å². The van der Waals surface area contributed by atoms with Crippen molar-refractivity contribution in [3.63, 3.8) is 0 Å². The van der Waals surface area contributed by atoms with Gasteiger partial charge in [0.05, 0.1) is 17.5 Å². The van der Waals surface area contributed by atoms with E-state index in [1.54, 1.807) is 17.5 Å². The molecule has 23 heavy (non-hydrogen) atoms. The van der Waals surface area contributed by atoms with Crippen LogP contribution in [-0.2, 0) is 6.42 Å². The highest BCUT2D eigenvalue weighted by atomic mass is 32.1. The standard InChI is InChI=1S/C15H17N7S/c1-3-22-7-5-11-12(10-8-17-21-13(10)22)19-15(23-11)20-14-16-6-4-9(2)18-14/h4,6,8H,3,5,7H2,1-2H3,(H,17,21)(H,16,18,19,20). The molecule has 0 fully saturated rings. The summed E-state index contributed by atoms with van der Waals surface area (Å²) in [4.78, 5) is 16.9. The first-order chi connectivity index (χ1) is 11.2. The molecule has 0 spiro atoms. The van der Waals surface area contributed by atoms with Crippen molar-refractivity contribution in [3.05, 3.63) is 29.0 Å². The molecule has 0 saturated carbocycles. The molecule has 0 aromatic carbocycles. The van der Waals surface area contributed by atoms with E-state index in [9.17, 15) is 0 Å². The average Bonchev–Trinajstić information content (AvgIpc) is 3.13. The Morgan fingerprint density at radius 3 is 3.13 bits per heavy atom. The Labute approximate surface area is 137 Å². The zero-order valence-electron chi connectivity index (χ0n) is 13.0. The van der Waals surface area contributed by atoms with Crippen molar-refractivity contribution in [2.24, 2.45) is 0 Å². The highest BCUT2D eigenvalue weighted by Crippen LogP contribution is 2.38. The van der Waals surface area contributed by atoms with Crippen LogP contribution in [-0.4, -0.2) is 38.2 Å². The lowest BCUT2D eigenvalue weighted by Gasteiger charge is -2.19. The fraction of sp³-hybridized carbons (Fsp3) is 0.333. The van der Waals surface area contributed by atoms with Crippen LogP contribution in [0, 0.1) is 6.92 Å². The maximum absolute atomic E-state index is 4.76. The molecule has 118 valence electrons. The third-order valence-corrected chi connectivity index (χ3v) is 4.92. The van der Waals surface area contributed by atoms with Gasteiger partial charge in [-0.3, -0.25) is 5.10 Å². The first-order valence-corrected chi connectivity index (χ1v) is 8.41. The van der Waals surface area contributed by atoms with Gasteiger partial charge in [0.25, 0.3) is 0 Å². The quantitative estimate of drug-likeness (QED) is 0.770. The summed E-state index contributed by atoms with van der Waals surface area (Å²) < 4.78 is 0. The second kappa shape index (κ2) is 5.62. The van der Waals surface area contributed by atoms with Crippen LogP contribution in [0.3, 0.4) is 0 Å². The number of hydrogen-bond acceptors (Lipinski definition) is 7. The molecule has 4 heterocycles. The van der Waals surface area contributed by atoms with E-state index in [0.29, 0.717) is 5.95 Å². The second-order valence-electron chi connectivity index (χ2n) is 5.40. The topological polar surface area (TPSA) is 82.6 Å². The molecule has 0 radical (unpaired) electrons. The number of H-pyrrole nitrogens is 1. The van der Waals surface area contributed by atoms with Crippen LogP contribution in [0.4, 0.5) is 16.9 Å². The van der Waals surface area contributed by atoms with Gasteiger partial charge in [-0.2, -0.15) is 5.10 Å². The van der Waals surface area contributed by atoms with Gasteiger partial charge < -0.3 is 10.2 Å². The second-order valence-corrected chi connectivity index (χ2v) is 6.48. The summed E-state index contributed by atoms with van der Waals surface area (Å²) in [6, 6.07) is 1.87. The summed E-state index contributed by atoms with van der Waals surface area (Å²) in [5.74, 6) is 1.63. The van der Waals surface area contributed by atoms with E-state index in [0.717, 1.165) is 47.4 Å². The van der Waals surface area contributed by atoms with Crippen molar-refractivity contribution < 1.29 is 0 Å². The molecule has 0 aliphatic carbocycles. The maximum Gasteiger partial charge on any atom is 0.229 e. The van der Waals surface area contributed by atoms with Gasteiger partial charge in [-0.15, -0.1) is 11.3 Å². The van der Waals surface area contributed by atoms with Crippen molar-refractivity contribution in [2.45, 2.75) is 20.3 Å². The molecule has 1 aliphatic heterocycles. The Balaban J connectivity index is 1.70. The predicted octanol–water partition coefficient (Wildman–Crippen LogP) is 2.76. The van der Waals surface area contributed by atoms with Crippen molar-refractivity contribution in [1.82, 2.24) is 25.1 Å². The van der Waals surface area contributed by atoms with Gasteiger partial charge in [0, 0.05) is 36.3 Å². The summed E-state index contributed by atoms with van der Waals surface area (Å²) in [6.45, 7) is 6.01. The van der Waals surface area contributed by atoms with Crippen molar-refractivity contribution >= 4 is 28.2 Å². The summed E-state index contributed by atoms with van der Waals surface area (Å²) in [5.41, 5.74) is 3.00. The number of hydrogen-bond donors (Lipinski definition) is 2. The number of nitrogens with one attached hydrogen (secondary N) is 2.